The highest BCUT2D eigenvalue weighted by atomic mass is 35.5. The van der Waals surface area contributed by atoms with Crippen molar-refractivity contribution in [2.24, 2.45) is 0 Å². The number of nitrogens with zero attached hydrogens (tertiary/aromatic N) is 1. The average molecular weight is 382 g/mol. The third kappa shape index (κ3) is 3.67. The molecule has 0 spiro atoms. The van der Waals surface area contributed by atoms with Gasteiger partial charge in [0.15, 0.2) is 6.61 Å². The van der Waals surface area contributed by atoms with Crippen LogP contribution in [0.5, 0.6) is 5.75 Å². The molecule has 27 heavy (non-hydrogen) atoms. The van der Waals surface area contributed by atoms with E-state index < -0.39 is 0 Å². The maximum absolute atomic E-state index is 13.0. The van der Waals surface area contributed by atoms with Gasteiger partial charge in [-0.15, -0.1) is 0 Å². The van der Waals surface area contributed by atoms with Gasteiger partial charge in [0.2, 0.25) is 0 Å². The molecule has 0 aromatic heterocycles. The van der Waals surface area contributed by atoms with Crippen LogP contribution in [-0.4, -0.2) is 17.4 Å². The van der Waals surface area contributed by atoms with Crippen LogP contribution >= 0.6 is 11.6 Å². The topological polar surface area (TPSA) is 29.5 Å². The Bertz CT molecular complexity index is 974. The molecule has 1 amide bonds. The summed E-state index contributed by atoms with van der Waals surface area (Å²) < 4.78 is 18.6. The van der Waals surface area contributed by atoms with Crippen molar-refractivity contribution in [2.75, 3.05) is 6.61 Å². The van der Waals surface area contributed by atoms with Crippen LogP contribution < -0.4 is 4.74 Å². The Morgan fingerprint density at radius 2 is 1.85 bits per heavy atom. The van der Waals surface area contributed by atoms with Crippen LogP contribution in [0, 0.1) is 5.82 Å². The van der Waals surface area contributed by atoms with Crippen molar-refractivity contribution >= 4 is 17.5 Å². The van der Waals surface area contributed by atoms with Crippen molar-refractivity contribution < 1.29 is 13.9 Å². The molecule has 0 N–H and O–H groups in total. The van der Waals surface area contributed by atoms with Gasteiger partial charge in [0.1, 0.15) is 11.6 Å². The minimum absolute atomic E-state index is 0.114. The van der Waals surface area contributed by atoms with Gasteiger partial charge in [-0.2, -0.15) is 0 Å². The first-order valence-electron chi connectivity index (χ1n) is 8.63. The van der Waals surface area contributed by atoms with Gasteiger partial charge in [-0.25, -0.2) is 4.39 Å². The van der Waals surface area contributed by atoms with Crippen molar-refractivity contribution in [2.45, 2.75) is 12.6 Å². The van der Waals surface area contributed by atoms with Crippen molar-refractivity contribution in [3.63, 3.8) is 0 Å². The normalized spacial score (nSPS) is 15.5. The lowest BCUT2D eigenvalue weighted by molar-refractivity contribution is -0.135. The number of halogens is 2. The standard InChI is InChI=1S/C22H17ClFNO2/c23-17-6-3-5-15(12-17)22-20-7-2-1-4-16(20)13-25(22)21(26)14-27-19-10-8-18(24)9-11-19/h1-12,22H,13-14H2. The van der Waals surface area contributed by atoms with E-state index in [9.17, 15) is 9.18 Å². The van der Waals surface area contributed by atoms with Crippen molar-refractivity contribution in [3.05, 3.63) is 100 Å². The Morgan fingerprint density at radius 3 is 2.63 bits per heavy atom. The maximum atomic E-state index is 13.0. The molecule has 4 rings (SSSR count). The Hall–Kier alpha value is -2.85. The number of rotatable bonds is 4. The molecule has 0 aliphatic carbocycles. The molecule has 0 bridgehead atoms. The number of amides is 1. The summed E-state index contributed by atoms with van der Waals surface area (Å²) in [5.41, 5.74) is 3.16. The van der Waals surface area contributed by atoms with E-state index in [0.29, 0.717) is 17.3 Å². The molecule has 1 unspecified atom stereocenters. The Labute approximate surface area is 162 Å². The van der Waals surface area contributed by atoms with Crippen LogP contribution in [0.15, 0.2) is 72.8 Å². The minimum atomic E-state index is -0.343. The first-order chi connectivity index (χ1) is 13.1. The number of carbonyl (C=O) groups excluding carboxylic acids is 1. The van der Waals surface area contributed by atoms with Crippen molar-refractivity contribution in [1.29, 1.82) is 0 Å². The van der Waals surface area contributed by atoms with Crippen LogP contribution in [0.2, 0.25) is 5.02 Å². The highest BCUT2D eigenvalue weighted by Crippen LogP contribution is 2.39. The fraction of sp³-hybridized carbons (Fsp3) is 0.136. The first-order valence-corrected chi connectivity index (χ1v) is 9.01. The van der Waals surface area contributed by atoms with Crippen LogP contribution in [0.3, 0.4) is 0 Å². The predicted molar refractivity (Wildman–Crippen MR) is 102 cm³/mol. The maximum Gasteiger partial charge on any atom is 0.261 e. The summed E-state index contributed by atoms with van der Waals surface area (Å²) in [4.78, 5) is 14.7. The Morgan fingerprint density at radius 1 is 1.07 bits per heavy atom. The van der Waals surface area contributed by atoms with E-state index in [2.05, 4.69) is 0 Å². The molecule has 1 heterocycles. The summed E-state index contributed by atoms with van der Waals surface area (Å²) in [5, 5.41) is 0.631. The number of ether oxygens (including phenoxy) is 1. The van der Waals surface area contributed by atoms with Gasteiger partial charge < -0.3 is 9.64 Å². The van der Waals surface area contributed by atoms with E-state index in [-0.39, 0.29) is 24.4 Å². The minimum Gasteiger partial charge on any atom is -0.484 e. The van der Waals surface area contributed by atoms with Gasteiger partial charge in [-0.1, -0.05) is 48.0 Å². The fourth-order valence-electron chi connectivity index (χ4n) is 3.41. The molecule has 0 fully saturated rings. The highest BCUT2D eigenvalue weighted by Gasteiger charge is 2.34. The van der Waals surface area contributed by atoms with Crippen LogP contribution in [-0.2, 0) is 11.3 Å². The quantitative estimate of drug-likeness (QED) is 0.637. The lowest BCUT2D eigenvalue weighted by Gasteiger charge is -2.26. The molecule has 0 saturated heterocycles. The molecule has 1 aliphatic heterocycles. The van der Waals surface area contributed by atoms with E-state index in [4.69, 9.17) is 16.3 Å². The predicted octanol–water partition coefficient (Wildman–Crippen LogP) is 4.99. The summed E-state index contributed by atoms with van der Waals surface area (Å²) in [6.07, 6.45) is 0. The van der Waals surface area contributed by atoms with E-state index in [1.807, 2.05) is 48.5 Å². The van der Waals surface area contributed by atoms with Crippen LogP contribution in [0.1, 0.15) is 22.7 Å². The summed E-state index contributed by atoms with van der Waals surface area (Å²) in [5.74, 6) is -0.0223. The SMILES string of the molecule is O=C(COc1ccc(F)cc1)N1Cc2ccccc2C1c1cccc(Cl)c1. The van der Waals surface area contributed by atoms with Gasteiger partial charge in [-0.3, -0.25) is 4.79 Å². The first kappa shape index (κ1) is 17.6. The van der Waals surface area contributed by atoms with Crippen molar-refractivity contribution in [3.8, 4) is 5.75 Å². The number of benzene rings is 3. The molecule has 0 saturated carbocycles. The van der Waals surface area contributed by atoms with E-state index in [0.717, 1.165) is 16.7 Å². The van der Waals surface area contributed by atoms with E-state index >= 15 is 0 Å². The van der Waals surface area contributed by atoms with Crippen molar-refractivity contribution in [1.82, 2.24) is 4.90 Å². The molecule has 0 radical (unpaired) electrons. The van der Waals surface area contributed by atoms with Crippen LogP contribution in [0.25, 0.3) is 0 Å². The highest BCUT2D eigenvalue weighted by molar-refractivity contribution is 6.30. The zero-order chi connectivity index (χ0) is 18.8. The Balaban J connectivity index is 1.58. The smallest absolute Gasteiger partial charge is 0.261 e. The molecular formula is C22H17ClFNO2. The summed E-state index contributed by atoms with van der Waals surface area (Å²) in [6.45, 7) is 0.398. The molecule has 136 valence electrons. The monoisotopic (exact) mass is 381 g/mol. The molecule has 5 heteroatoms. The summed E-state index contributed by atoms with van der Waals surface area (Å²) in [6, 6.07) is 21.0. The molecule has 3 aromatic carbocycles. The fourth-order valence-corrected chi connectivity index (χ4v) is 3.61. The van der Waals surface area contributed by atoms with E-state index in [1.165, 1.54) is 24.3 Å². The second-order valence-corrected chi connectivity index (χ2v) is 6.86. The average Bonchev–Trinajstić information content (AvgIpc) is 3.07. The number of carbonyl (C=O) groups is 1. The zero-order valence-electron chi connectivity index (χ0n) is 14.4. The molecule has 3 aromatic rings. The number of hydrogen-bond acceptors (Lipinski definition) is 2. The van der Waals surface area contributed by atoms with Gasteiger partial charge in [0, 0.05) is 11.6 Å². The lowest BCUT2D eigenvalue weighted by atomic mass is 9.98. The molecular weight excluding hydrogens is 365 g/mol. The largest absolute Gasteiger partial charge is 0.484 e. The second kappa shape index (κ2) is 7.41. The Kier molecular flexibility index (Phi) is 4.82. The molecule has 1 atom stereocenters. The summed E-state index contributed by atoms with van der Waals surface area (Å²) >= 11 is 6.17. The van der Waals surface area contributed by atoms with Gasteiger partial charge >= 0.3 is 0 Å². The molecule has 1 aliphatic rings. The third-order valence-corrected chi connectivity index (χ3v) is 4.90. The molecule has 3 nitrogen and oxygen atoms in total. The van der Waals surface area contributed by atoms with Gasteiger partial charge in [0.05, 0.1) is 6.04 Å². The zero-order valence-corrected chi connectivity index (χ0v) is 15.2. The van der Waals surface area contributed by atoms with E-state index in [1.54, 1.807) is 4.90 Å². The number of hydrogen-bond donors (Lipinski definition) is 0. The third-order valence-electron chi connectivity index (χ3n) is 4.66. The lowest BCUT2D eigenvalue weighted by Crippen LogP contribution is -2.34. The van der Waals surface area contributed by atoms with Gasteiger partial charge in [0.25, 0.3) is 5.91 Å². The number of fused-ring (bicyclic) bond motifs is 1. The van der Waals surface area contributed by atoms with Gasteiger partial charge in [-0.05, 0) is 53.1 Å². The van der Waals surface area contributed by atoms with Crippen LogP contribution in [0.4, 0.5) is 4.39 Å². The second-order valence-electron chi connectivity index (χ2n) is 6.42. The summed E-state index contributed by atoms with van der Waals surface area (Å²) in [7, 11) is 0.